The number of sulfone groups is 1. The smallest absolute Gasteiger partial charge is 0.220 e. The van der Waals surface area contributed by atoms with Crippen molar-refractivity contribution in [3.8, 4) is 5.69 Å². The molecule has 1 aliphatic rings. The summed E-state index contributed by atoms with van der Waals surface area (Å²) in [7, 11) is -3.10. The van der Waals surface area contributed by atoms with E-state index < -0.39 is 9.84 Å². The number of carbonyl (C=O) groups excluding carboxylic acids is 1. The van der Waals surface area contributed by atoms with Crippen molar-refractivity contribution in [3.05, 3.63) is 59.8 Å². The van der Waals surface area contributed by atoms with E-state index in [0.717, 1.165) is 11.3 Å². The Morgan fingerprint density at radius 2 is 2.08 bits per heavy atom. The average molecular weight is 345 g/mol. The molecule has 7 heteroatoms. The molecule has 1 aromatic carbocycles. The highest BCUT2D eigenvalue weighted by molar-refractivity contribution is 7.94. The van der Waals surface area contributed by atoms with Crippen LogP contribution in [-0.4, -0.2) is 36.4 Å². The van der Waals surface area contributed by atoms with Gasteiger partial charge in [-0.2, -0.15) is 5.10 Å². The molecule has 6 nitrogen and oxygen atoms in total. The zero-order valence-electron chi connectivity index (χ0n) is 13.1. The van der Waals surface area contributed by atoms with E-state index in [2.05, 4.69) is 10.4 Å². The summed E-state index contributed by atoms with van der Waals surface area (Å²) in [6, 6.07) is 9.81. The summed E-state index contributed by atoms with van der Waals surface area (Å²) in [6.45, 7) is 0.502. The molecule has 1 unspecified atom stereocenters. The van der Waals surface area contributed by atoms with E-state index in [1.54, 1.807) is 17.0 Å². The van der Waals surface area contributed by atoms with E-state index >= 15 is 0 Å². The highest BCUT2D eigenvalue weighted by atomic mass is 32.2. The normalized spacial score (nSPS) is 18.6. The summed E-state index contributed by atoms with van der Waals surface area (Å²) in [5.74, 6) is -0.308. The number of amides is 1. The molecule has 1 N–H and O–H groups in total. The first-order chi connectivity index (χ1) is 11.5. The lowest BCUT2D eigenvalue weighted by atomic mass is 10.1. The quantitative estimate of drug-likeness (QED) is 0.860. The predicted molar refractivity (Wildman–Crippen MR) is 91.3 cm³/mol. The van der Waals surface area contributed by atoms with Gasteiger partial charge in [-0.3, -0.25) is 4.79 Å². The lowest BCUT2D eigenvalue weighted by molar-refractivity contribution is -0.121. The van der Waals surface area contributed by atoms with Crippen LogP contribution < -0.4 is 5.32 Å². The Labute approximate surface area is 141 Å². The van der Waals surface area contributed by atoms with Crippen LogP contribution in [0, 0.1) is 5.92 Å². The van der Waals surface area contributed by atoms with Crippen LogP contribution in [-0.2, 0) is 21.1 Å². The van der Waals surface area contributed by atoms with Crippen molar-refractivity contribution in [3.63, 3.8) is 0 Å². The number of aromatic nitrogens is 2. The third kappa shape index (κ3) is 4.32. The van der Waals surface area contributed by atoms with Crippen LogP contribution in [0.4, 0.5) is 0 Å². The van der Waals surface area contributed by atoms with E-state index in [0.29, 0.717) is 13.0 Å². The van der Waals surface area contributed by atoms with Crippen molar-refractivity contribution in [2.24, 2.45) is 5.92 Å². The molecule has 0 saturated heterocycles. The number of para-hydroxylation sites is 1. The highest BCUT2D eigenvalue weighted by Crippen LogP contribution is 2.17. The molecular formula is C17H19N3O3S. The standard InChI is InChI=1S/C17H19N3O3S/c21-17(10-14-7-9-24(22,23)13-14)18-8-6-15-11-19-20(12-15)16-4-2-1-3-5-16/h1-5,7,9,11-12,14H,6,8,10,13H2,(H,18,21). The Bertz CT molecular complexity index is 841. The third-order valence-corrected chi connectivity index (χ3v) is 5.31. The summed E-state index contributed by atoms with van der Waals surface area (Å²) in [5.41, 5.74) is 2.02. The fraction of sp³-hybridized carbons (Fsp3) is 0.294. The predicted octanol–water partition coefficient (Wildman–Crippen LogP) is 1.48. The fourth-order valence-corrected chi connectivity index (χ4v) is 4.03. The van der Waals surface area contributed by atoms with Gasteiger partial charge in [-0.05, 0) is 24.1 Å². The van der Waals surface area contributed by atoms with Gasteiger partial charge >= 0.3 is 0 Å². The number of benzene rings is 1. The second-order valence-electron chi connectivity index (χ2n) is 5.85. The van der Waals surface area contributed by atoms with Gasteiger partial charge in [0.1, 0.15) is 0 Å². The Morgan fingerprint density at radius 1 is 1.29 bits per heavy atom. The van der Waals surface area contributed by atoms with Crippen LogP contribution in [0.15, 0.2) is 54.2 Å². The molecule has 0 bridgehead atoms. The minimum Gasteiger partial charge on any atom is -0.356 e. The van der Waals surface area contributed by atoms with Crippen molar-refractivity contribution in [1.29, 1.82) is 0 Å². The van der Waals surface area contributed by atoms with Gasteiger partial charge in [-0.25, -0.2) is 13.1 Å². The molecule has 1 atom stereocenters. The minimum atomic E-state index is -3.10. The van der Waals surface area contributed by atoms with E-state index in [1.165, 1.54) is 5.41 Å². The maximum atomic E-state index is 11.9. The monoisotopic (exact) mass is 345 g/mol. The SMILES string of the molecule is O=C(CC1C=CS(=O)(=O)C1)NCCc1cnn(-c2ccccc2)c1. The number of nitrogens with zero attached hydrogens (tertiary/aromatic N) is 2. The van der Waals surface area contributed by atoms with Gasteiger partial charge in [0.25, 0.3) is 0 Å². The summed E-state index contributed by atoms with van der Waals surface area (Å²) in [5, 5.41) is 8.34. The largest absolute Gasteiger partial charge is 0.356 e. The van der Waals surface area contributed by atoms with Crippen molar-refractivity contribution in [2.75, 3.05) is 12.3 Å². The molecular weight excluding hydrogens is 326 g/mol. The van der Waals surface area contributed by atoms with Gasteiger partial charge in [-0.1, -0.05) is 24.3 Å². The molecule has 3 rings (SSSR count). The van der Waals surface area contributed by atoms with Crippen LogP contribution >= 0.6 is 0 Å². The van der Waals surface area contributed by atoms with Gasteiger partial charge in [-0.15, -0.1) is 0 Å². The fourth-order valence-electron chi connectivity index (χ4n) is 2.63. The van der Waals surface area contributed by atoms with Crippen molar-refractivity contribution in [1.82, 2.24) is 15.1 Å². The second kappa shape index (κ2) is 7.00. The first-order valence-electron chi connectivity index (χ1n) is 7.78. The molecule has 0 saturated carbocycles. The van der Waals surface area contributed by atoms with Gasteiger partial charge in [0.05, 0.1) is 17.6 Å². The van der Waals surface area contributed by atoms with E-state index in [4.69, 9.17) is 0 Å². The first kappa shape index (κ1) is 16.4. The number of hydrogen-bond acceptors (Lipinski definition) is 4. The maximum absolute atomic E-state index is 11.9. The molecule has 2 aromatic rings. The summed E-state index contributed by atoms with van der Waals surface area (Å²) in [6.07, 6.45) is 6.20. The number of carbonyl (C=O) groups is 1. The molecule has 0 aliphatic carbocycles. The summed E-state index contributed by atoms with van der Waals surface area (Å²) >= 11 is 0. The van der Waals surface area contributed by atoms with Crippen LogP contribution in [0.2, 0.25) is 0 Å². The van der Waals surface area contributed by atoms with Crippen LogP contribution in [0.1, 0.15) is 12.0 Å². The molecule has 1 amide bonds. The second-order valence-corrected chi connectivity index (χ2v) is 7.78. The third-order valence-electron chi connectivity index (χ3n) is 3.84. The Balaban J connectivity index is 1.44. The molecule has 2 heterocycles. The number of hydrogen-bond donors (Lipinski definition) is 1. The van der Waals surface area contributed by atoms with E-state index in [1.807, 2.05) is 36.5 Å². The highest BCUT2D eigenvalue weighted by Gasteiger charge is 2.23. The Kier molecular flexibility index (Phi) is 4.80. The van der Waals surface area contributed by atoms with E-state index in [-0.39, 0.29) is 24.0 Å². The van der Waals surface area contributed by atoms with Gasteiger partial charge in [0.2, 0.25) is 5.91 Å². The average Bonchev–Trinajstić information content (AvgIpc) is 3.15. The van der Waals surface area contributed by atoms with Crippen molar-refractivity contribution >= 4 is 15.7 Å². The molecule has 0 spiro atoms. The number of allylic oxidation sites excluding steroid dienone is 1. The Hall–Kier alpha value is -2.41. The maximum Gasteiger partial charge on any atom is 0.220 e. The topological polar surface area (TPSA) is 81.1 Å². The zero-order chi connectivity index (χ0) is 17.0. The number of rotatable bonds is 6. The van der Waals surface area contributed by atoms with Gasteiger partial charge in [0.15, 0.2) is 9.84 Å². The number of nitrogens with one attached hydrogen (secondary N) is 1. The zero-order valence-corrected chi connectivity index (χ0v) is 13.9. The van der Waals surface area contributed by atoms with Crippen molar-refractivity contribution in [2.45, 2.75) is 12.8 Å². The molecule has 0 fully saturated rings. The van der Waals surface area contributed by atoms with Crippen molar-refractivity contribution < 1.29 is 13.2 Å². The van der Waals surface area contributed by atoms with Crippen LogP contribution in [0.5, 0.6) is 0 Å². The van der Waals surface area contributed by atoms with Crippen LogP contribution in [0.25, 0.3) is 5.69 Å². The van der Waals surface area contributed by atoms with Gasteiger partial charge < -0.3 is 5.32 Å². The molecule has 0 radical (unpaired) electrons. The van der Waals surface area contributed by atoms with Crippen LogP contribution in [0.3, 0.4) is 0 Å². The van der Waals surface area contributed by atoms with Gasteiger partial charge in [0, 0.05) is 30.5 Å². The molecule has 1 aliphatic heterocycles. The van der Waals surface area contributed by atoms with E-state index in [9.17, 15) is 13.2 Å². The molecule has 1 aromatic heterocycles. The molecule has 24 heavy (non-hydrogen) atoms. The summed E-state index contributed by atoms with van der Waals surface area (Å²) < 4.78 is 24.4. The molecule has 126 valence electrons. The minimum absolute atomic E-state index is 0.0320. The Morgan fingerprint density at radius 3 is 2.79 bits per heavy atom. The lowest BCUT2D eigenvalue weighted by Gasteiger charge is -2.07. The summed E-state index contributed by atoms with van der Waals surface area (Å²) in [4.78, 5) is 11.9. The first-order valence-corrected chi connectivity index (χ1v) is 9.50. The lowest BCUT2D eigenvalue weighted by Crippen LogP contribution is -2.27.